The number of rotatable bonds is 17. The van der Waals surface area contributed by atoms with Gasteiger partial charge >= 0.3 is 0 Å². The fourth-order valence-electron chi connectivity index (χ4n) is 6.34. The van der Waals surface area contributed by atoms with E-state index in [4.69, 9.17) is 4.74 Å². The third-order valence-electron chi connectivity index (χ3n) is 9.38. The molecular formula is C42H46N6O6S2. The van der Waals surface area contributed by atoms with Crippen LogP contribution < -0.4 is 19.7 Å². The van der Waals surface area contributed by atoms with Crippen LogP contribution in [0, 0.1) is 10.1 Å². The molecule has 14 heteroatoms. The first kappa shape index (κ1) is 40.3. The molecule has 5 aromatic carbocycles. The van der Waals surface area contributed by atoms with Crippen molar-refractivity contribution in [1.29, 1.82) is 0 Å². The Morgan fingerprint density at radius 2 is 1.57 bits per heavy atom. The van der Waals surface area contributed by atoms with Gasteiger partial charge in [0.05, 0.1) is 9.82 Å². The highest BCUT2D eigenvalue weighted by molar-refractivity contribution is 7.99. The van der Waals surface area contributed by atoms with Gasteiger partial charge in [-0.3, -0.25) is 19.8 Å². The van der Waals surface area contributed by atoms with Crippen molar-refractivity contribution >= 4 is 44.8 Å². The van der Waals surface area contributed by atoms with Crippen molar-refractivity contribution in [3.05, 3.63) is 143 Å². The molecule has 1 heterocycles. The SMILES string of the molecule is CN(C)CCOc1ccc(-c2ccccc2CN2CCN(c3ccc(C(=O)NS(=O)(=O)c4ccc(NCCSc5ccccc5)c([N+](=O)[O-])c4)cc3)CC2)cc1. The van der Waals surface area contributed by atoms with Crippen LogP contribution in [0.4, 0.5) is 17.1 Å². The summed E-state index contributed by atoms with van der Waals surface area (Å²) in [6, 6.07) is 36.8. The molecule has 1 fully saturated rings. The average Bonchev–Trinajstić information content (AvgIpc) is 3.20. The number of sulfonamides is 1. The van der Waals surface area contributed by atoms with Crippen LogP contribution in [0.2, 0.25) is 0 Å². The Morgan fingerprint density at radius 1 is 0.875 bits per heavy atom. The summed E-state index contributed by atoms with van der Waals surface area (Å²) in [6.45, 7) is 6.01. The number of piperazine rings is 1. The molecule has 12 nitrogen and oxygen atoms in total. The first-order chi connectivity index (χ1) is 27.1. The van der Waals surface area contributed by atoms with Crippen molar-refractivity contribution in [2.75, 3.05) is 75.9 Å². The molecule has 0 radical (unpaired) electrons. The van der Waals surface area contributed by atoms with Crippen molar-refractivity contribution in [3.63, 3.8) is 0 Å². The van der Waals surface area contributed by atoms with Gasteiger partial charge in [-0.05, 0) is 91.4 Å². The molecule has 2 N–H and O–H groups in total. The van der Waals surface area contributed by atoms with E-state index in [2.05, 4.69) is 61.1 Å². The summed E-state index contributed by atoms with van der Waals surface area (Å²) in [7, 11) is -0.342. The maximum Gasteiger partial charge on any atom is 0.293 e. The van der Waals surface area contributed by atoms with Crippen molar-refractivity contribution in [2.45, 2.75) is 16.3 Å². The van der Waals surface area contributed by atoms with Gasteiger partial charge in [-0.2, -0.15) is 0 Å². The number of ether oxygens (including phenoxy) is 1. The van der Waals surface area contributed by atoms with E-state index in [0.717, 1.165) is 67.2 Å². The summed E-state index contributed by atoms with van der Waals surface area (Å²) in [4.78, 5) is 31.7. The first-order valence-corrected chi connectivity index (χ1v) is 20.8. The fraction of sp³-hybridized carbons (Fsp3) is 0.262. The number of amides is 1. The number of nitro groups is 1. The third kappa shape index (κ3) is 10.9. The normalized spacial score (nSPS) is 13.4. The third-order valence-corrected chi connectivity index (χ3v) is 11.7. The molecule has 1 saturated heterocycles. The second-order valence-electron chi connectivity index (χ2n) is 13.6. The molecule has 0 bridgehead atoms. The summed E-state index contributed by atoms with van der Waals surface area (Å²) < 4.78 is 34.3. The van der Waals surface area contributed by atoms with Crippen LogP contribution in [0.25, 0.3) is 11.1 Å². The van der Waals surface area contributed by atoms with Crippen LogP contribution in [0.3, 0.4) is 0 Å². The Kier molecular flexibility index (Phi) is 13.6. The highest BCUT2D eigenvalue weighted by Gasteiger charge is 2.25. The zero-order valence-corrected chi connectivity index (χ0v) is 33.1. The molecule has 0 unspecified atom stereocenters. The number of thioether (sulfide) groups is 1. The molecule has 0 spiro atoms. The number of carbonyl (C=O) groups excluding carboxylic acids is 1. The molecule has 5 aromatic rings. The number of carbonyl (C=O) groups is 1. The first-order valence-electron chi connectivity index (χ1n) is 18.4. The number of likely N-dealkylation sites (N-methyl/N-ethyl adjacent to an activating group) is 1. The lowest BCUT2D eigenvalue weighted by molar-refractivity contribution is -0.384. The van der Waals surface area contributed by atoms with Gasteiger partial charge in [-0.1, -0.05) is 54.6 Å². The quantitative estimate of drug-likeness (QED) is 0.0443. The highest BCUT2D eigenvalue weighted by atomic mass is 32.2. The average molecular weight is 795 g/mol. The van der Waals surface area contributed by atoms with E-state index < -0.39 is 26.5 Å². The van der Waals surface area contributed by atoms with Gasteiger partial charge in [0.1, 0.15) is 18.0 Å². The van der Waals surface area contributed by atoms with E-state index in [-0.39, 0.29) is 16.1 Å². The fourth-order valence-corrected chi connectivity index (χ4v) is 8.12. The van der Waals surface area contributed by atoms with E-state index in [1.54, 1.807) is 23.9 Å². The molecular weight excluding hydrogens is 749 g/mol. The largest absolute Gasteiger partial charge is 0.492 e. The van der Waals surface area contributed by atoms with E-state index in [1.165, 1.54) is 23.3 Å². The van der Waals surface area contributed by atoms with Crippen LogP contribution in [-0.2, 0) is 16.6 Å². The topological polar surface area (TPSA) is 137 Å². The summed E-state index contributed by atoms with van der Waals surface area (Å²) >= 11 is 1.59. The summed E-state index contributed by atoms with van der Waals surface area (Å²) in [5.74, 6) is 0.677. The van der Waals surface area contributed by atoms with Crippen molar-refractivity contribution in [3.8, 4) is 16.9 Å². The van der Waals surface area contributed by atoms with Gasteiger partial charge in [0.15, 0.2) is 0 Å². The second-order valence-corrected chi connectivity index (χ2v) is 16.5. The van der Waals surface area contributed by atoms with Gasteiger partial charge in [-0.25, -0.2) is 13.1 Å². The molecule has 0 saturated carbocycles. The number of nitrogens with zero attached hydrogens (tertiary/aromatic N) is 4. The molecule has 1 aliphatic heterocycles. The maximum atomic E-state index is 13.2. The summed E-state index contributed by atoms with van der Waals surface area (Å²) in [6.07, 6.45) is 0. The number of nitrogens with one attached hydrogen (secondary N) is 2. The molecule has 292 valence electrons. The van der Waals surface area contributed by atoms with Crippen molar-refractivity contribution in [1.82, 2.24) is 14.5 Å². The van der Waals surface area contributed by atoms with Gasteiger partial charge in [0, 0.05) is 73.8 Å². The molecule has 0 aromatic heterocycles. The van der Waals surface area contributed by atoms with E-state index in [0.29, 0.717) is 18.9 Å². The van der Waals surface area contributed by atoms with Crippen molar-refractivity contribution in [2.24, 2.45) is 0 Å². The molecule has 0 atom stereocenters. The lowest BCUT2D eigenvalue weighted by atomic mass is 9.99. The zero-order valence-electron chi connectivity index (χ0n) is 31.5. The number of hydrogen-bond acceptors (Lipinski definition) is 11. The number of benzene rings is 5. The van der Waals surface area contributed by atoms with E-state index in [9.17, 15) is 23.3 Å². The number of nitro benzene ring substituents is 1. The van der Waals surface area contributed by atoms with E-state index >= 15 is 0 Å². The molecule has 56 heavy (non-hydrogen) atoms. The monoisotopic (exact) mass is 794 g/mol. The van der Waals surface area contributed by atoms with Crippen LogP contribution in [0.1, 0.15) is 15.9 Å². The molecule has 6 rings (SSSR count). The number of hydrogen-bond donors (Lipinski definition) is 2. The Bertz CT molecular complexity index is 2200. The van der Waals surface area contributed by atoms with Gasteiger partial charge < -0.3 is 19.9 Å². The second kappa shape index (κ2) is 19.0. The molecule has 1 aliphatic rings. The Balaban J connectivity index is 1.00. The summed E-state index contributed by atoms with van der Waals surface area (Å²) in [5, 5.41) is 14.9. The number of anilines is 2. The molecule has 1 amide bonds. The van der Waals surface area contributed by atoms with Crippen LogP contribution in [0.15, 0.2) is 131 Å². The Morgan fingerprint density at radius 3 is 2.27 bits per heavy atom. The maximum absolute atomic E-state index is 13.2. The minimum absolute atomic E-state index is 0.157. The standard InChI is InChI=1S/C42H46N6O6S2/c1-45(2)27-28-54-36-18-14-32(15-19-36)39-11-7-6-8-34(39)31-46-23-25-47(26-24-46)35-16-12-33(13-17-35)42(49)44-56(52,53)38-20-21-40(41(30-38)48(50)51)43-22-29-55-37-9-4-3-5-10-37/h3-21,30,43H,22-29,31H2,1-2H3,(H,44,49). The summed E-state index contributed by atoms with van der Waals surface area (Å²) in [5.41, 5.74) is 4.48. The predicted octanol–water partition coefficient (Wildman–Crippen LogP) is 6.85. The minimum atomic E-state index is -4.39. The van der Waals surface area contributed by atoms with E-state index in [1.807, 2.05) is 68.7 Å². The van der Waals surface area contributed by atoms with Crippen LogP contribution >= 0.6 is 11.8 Å². The smallest absolute Gasteiger partial charge is 0.293 e. The van der Waals surface area contributed by atoms with Gasteiger partial charge in [0.2, 0.25) is 0 Å². The molecule has 0 aliphatic carbocycles. The highest BCUT2D eigenvalue weighted by Crippen LogP contribution is 2.30. The lowest BCUT2D eigenvalue weighted by Gasteiger charge is -2.36. The predicted molar refractivity (Wildman–Crippen MR) is 223 cm³/mol. The van der Waals surface area contributed by atoms with Gasteiger partial charge in [-0.15, -0.1) is 11.8 Å². The van der Waals surface area contributed by atoms with Crippen LogP contribution in [0.5, 0.6) is 5.75 Å². The minimum Gasteiger partial charge on any atom is -0.492 e. The van der Waals surface area contributed by atoms with Crippen LogP contribution in [-0.4, -0.2) is 94.8 Å². The Hall–Kier alpha value is -5.41. The zero-order chi connectivity index (χ0) is 39.5. The lowest BCUT2D eigenvalue weighted by Crippen LogP contribution is -2.46. The Labute approximate surface area is 332 Å². The van der Waals surface area contributed by atoms with Gasteiger partial charge in [0.25, 0.3) is 21.6 Å². The van der Waals surface area contributed by atoms with Crippen molar-refractivity contribution < 1.29 is 22.9 Å².